The molecule has 0 spiro atoms. The third-order valence-corrected chi connectivity index (χ3v) is 4.64. The zero-order chi connectivity index (χ0) is 19.2. The summed E-state index contributed by atoms with van der Waals surface area (Å²) in [6.07, 6.45) is 17.7. The van der Waals surface area contributed by atoms with Gasteiger partial charge >= 0.3 is 17.1 Å². The van der Waals surface area contributed by atoms with Gasteiger partial charge in [0.15, 0.2) is 0 Å². The Morgan fingerprint density at radius 2 is 1.46 bits per heavy atom. The Balaban J connectivity index is 0.000000408. The number of nitrogen functional groups attached to an aromatic ring is 1. The van der Waals surface area contributed by atoms with Crippen LogP contribution in [0.4, 0.5) is 5.82 Å². The van der Waals surface area contributed by atoms with Crippen molar-refractivity contribution in [3.63, 3.8) is 0 Å². The molecule has 10 radical (unpaired) electrons. The quantitative estimate of drug-likeness (QED) is 0.636. The Kier molecular flexibility index (Phi) is 9.11. The van der Waals surface area contributed by atoms with Crippen molar-refractivity contribution in [2.45, 2.75) is 0 Å². The molecule has 0 aliphatic heterocycles. The van der Waals surface area contributed by atoms with Crippen LogP contribution in [0.3, 0.4) is 0 Å². The summed E-state index contributed by atoms with van der Waals surface area (Å²) in [5.74, 6) is 1.14. The molecule has 1 aromatic heterocycles. The second-order valence-corrected chi connectivity index (χ2v) is 6.51. The summed E-state index contributed by atoms with van der Waals surface area (Å²) >= 11 is 12.0. The van der Waals surface area contributed by atoms with Gasteiger partial charge in [0.05, 0.1) is 15.7 Å². The number of nitrogens with two attached hydrogens (primary N) is 1. The molecule has 0 atom stereocenters. The van der Waals surface area contributed by atoms with Gasteiger partial charge in [-0.25, -0.2) is 4.98 Å². The van der Waals surface area contributed by atoms with E-state index < -0.39 is 0 Å². The van der Waals surface area contributed by atoms with Crippen LogP contribution in [0.2, 0.25) is 10.0 Å². The molecule has 2 aliphatic rings. The van der Waals surface area contributed by atoms with Gasteiger partial charge in [-0.15, -0.1) is 0 Å². The van der Waals surface area contributed by atoms with Crippen LogP contribution in [0, 0.1) is 75.0 Å². The van der Waals surface area contributed by atoms with Crippen LogP contribution in [0.5, 0.6) is 0 Å². The molecular formula is C22H15Cl2FeN3+2. The van der Waals surface area contributed by atoms with Gasteiger partial charge in [0.2, 0.25) is 0 Å². The first-order valence-electron chi connectivity index (χ1n) is 8.15. The molecule has 2 aromatic rings. The summed E-state index contributed by atoms with van der Waals surface area (Å²) in [5, 5.41) is 10.3. The van der Waals surface area contributed by atoms with Gasteiger partial charge in [0.25, 0.3) is 0 Å². The van der Waals surface area contributed by atoms with Gasteiger partial charge in [-0.1, -0.05) is 29.3 Å². The molecule has 2 N–H and O–H groups in total. The number of rotatable bonds is 2. The first-order chi connectivity index (χ1) is 13.1. The third-order valence-electron chi connectivity index (χ3n) is 3.90. The number of anilines is 1. The van der Waals surface area contributed by atoms with E-state index >= 15 is 0 Å². The van der Waals surface area contributed by atoms with Crippen molar-refractivity contribution >= 4 is 29.0 Å². The first-order valence-corrected chi connectivity index (χ1v) is 8.90. The van der Waals surface area contributed by atoms with Crippen LogP contribution >= 0.6 is 23.2 Å². The standard InChI is InChI=1S/C17H10Cl2N3.C5H5.Fe/c18-14-6-5-11(7-15(14)19)12-8-16(10-3-1-2-4-10)22-17(21)13(12)9-20;1-2-4-5-3-1;/h1-8H,(H2,21,22);1-5H;/q;;+2. The number of halogens is 2. The van der Waals surface area contributed by atoms with Gasteiger partial charge < -0.3 is 5.73 Å². The molecule has 4 rings (SSSR count). The molecule has 138 valence electrons. The van der Waals surface area contributed by atoms with E-state index in [1.807, 2.05) is 63.9 Å². The summed E-state index contributed by atoms with van der Waals surface area (Å²) in [6.45, 7) is 0. The molecule has 3 nitrogen and oxygen atoms in total. The zero-order valence-corrected chi connectivity index (χ0v) is 17.2. The molecular weight excluding hydrogens is 433 g/mol. The fourth-order valence-corrected chi connectivity index (χ4v) is 2.89. The average molecular weight is 448 g/mol. The molecule has 0 saturated heterocycles. The molecule has 1 aromatic carbocycles. The molecule has 2 saturated carbocycles. The van der Waals surface area contributed by atoms with Crippen LogP contribution in [0.1, 0.15) is 11.3 Å². The smallest absolute Gasteiger partial charge is 0.383 e. The van der Waals surface area contributed by atoms with Crippen molar-refractivity contribution in [3.8, 4) is 17.2 Å². The van der Waals surface area contributed by atoms with Crippen molar-refractivity contribution < 1.29 is 17.1 Å². The van der Waals surface area contributed by atoms with E-state index in [1.165, 1.54) is 0 Å². The topological polar surface area (TPSA) is 62.7 Å². The molecule has 6 heteroatoms. The Hall–Kier alpha value is -1.24. The second kappa shape index (κ2) is 11.1. The number of aromatic nitrogens is 1. The maximum absolute atomic E-state index is 9.38. The Labute approximate surface area is 188 Å². The molecule has 0 bridgehead atoms. The maximum atomic E-state index is 9.38. The van der Waals surface area contributed by atoms with Crippen molar-refractivity contribution in [2.75, 3.05) is 5.73 Å². The number of nitrogens with zero attached hydrogens (tertiary/aromatic N) is 2. The van der Waals surface area contributed by atoms with E-state index in [1.54, 1.807) is 18.2 Å². The number of hydrogen-bond donors (Lipinski definition) is 1. The molecule has 2 fully saturated rings. The van der Waals surface area contributed by atoms with Gasteiger partial charge in [-0.05, 0) is 81.5 Å². The molecule has 2 aliphatic carbocycles. The van der Waals surface area contributed by atoms with Crippen molar-refractivity contribution in [1.29, 1.82) is 5.26 Å². The normalized spacial score (nSPS) is 16.0. The number of benzene rings is 1. The fraction of sp³-hybridized carbons (Fsp3) is 0. The SMILES string of the molecule is N#Cc1c(-c2ccc(Cl)c(Cl)c2)cc([C]2[CH][CH][CH][CH]2)nc1N.[CH]1[CH][CH][CH][CH]1.[Fe+2]. The van der Waals surface area contributed by atoms with E-state index in [4.69, 9.17) is 28.9 Å². The minimum absolute atomic E-state index is 0. The fourth-order valence-electron chi connectivity index (χ4n) is 2.59. The summed E-state index contributed by atoms with van der Waals surface area (Å²) in [5.41, 5.74) is 8.45. The van der Waals surface area contributed by atoms with Crippen molar-refractivity contribution in [3.05, 3.63) is 109 Å². The summed E-state index contributed by atoms with van der Waals surface area (Å²) < 4.78 is 0. The molecule has 0 unspecified atom stereocenters. The van der Waals surface area contributed by atoms with Crippen LogP contribution < -0.4 is 5.73 Å². The van der Waals surface area contributed by atoms with Crippen LogP contribution in [-0.4, -0.2) is 4.98 Å². The Morgan fingerprint density at radius 3 is 2.00 bits per heavy atom. The van der Waals surface area contributed by atoms with Crippen LogP contribution in [0.15, 0.2) is 24.3 Å². The molecule has 0 amide bonds. The van der Waals surface area contributed by atoms with E-state index in [0.717, 1.165) is 11.5 Å². The predicted octanol–water partition coefficient (Wildman–Crippen LogP) is 5.28. The van der Waals surface area contributed by atoms with E-state index in [0.29, 0.717) is 26.9 Å². The van der Waals surface area contributed by atoms with E-state index in [-0.39, 0.29) is 22.9 Å². The first kappa shape index (κ1) is 23.0. The number of pyridine rings is 1. The molecule has 1 heterocycles. The monoisotopic (exact) mass is 447 g/mol. The Bertz CT molecular complexity index is 831. The van der Waals surface area contributed by atoms with E-state index in [2.05, 4.69) is 11.1 Å². The zero-order valence-electron chi connectivity index (χ0n) is 14.6. The Morgan fingerprint density at radius 1 is 0.857 bits per heavy atom. The predicted molar refractivity (Wildman–Crippen MR) is 110 cm³/mol. The van der Waals surface area contributed by atoms with Crippen LogP contribution in [0.25, 0.3) is 11.1 Å². The third kappa shape index (κ3) is 5.64. The summed E-state index contributed by atoms with van der Waals surface area (Å²) in [4.78, 5) is 4.31. The van der Waals surface area contributed by atoms with Crippen molar-refractivity contribution in [2.24, 2.45) is 0 Å². The van der Waals surface area contributed by atoms with Crippen LogP contribution in [-0.2, 0) is 17.1 Å². The van der Waals surface area contributed by atoms with Gasteiger partial charge in [0, 0.05) is 11.5 Å². The van der Waals surface area contributed by atoms with Gasteiger partial charge in [-0.2, -0.15) is 5.26 Å². The summed E-state index contributed by atoms with van der Waals surface area (Å²) in [7, 11) is 0. The largest absolute Gasteiger partial charge is 2.00 e. The van der Waals surface area contributed by atoms with Crippen molar-refractivity contribution in [1.82, 2.24) is 4.98 Å². The number of nitriles is 1. The van der Waals surface area contributed by atoms with Gasteiger partial charge in [0.1, 0.15) is 17.5 Å². The number of hydrogen-bond acceptors (Lipinski definition) is 3. The second-order valence-electron chi connectivity index (χ2n) is 5.69. The van der Waals surface area contributed by atoms with Gasteiger partial charge in [-0.3, -0.25) is 0 Å². The minimum Gasteiger partial charge on any atom is -0.383 e. The summed E-state index contributed by atoms with van der Waals surface area (Å²) in [6, 6.07) is 9.16. The molecule has 28 heavy (non-hydrogen) atoms. The average Bonchev–Trinajstić information content (AvgIpc) is 3.40. The maximum Gasteiger partial charge on any atom is 2.00 e. The van der Waals surface area contributed by atoms with E-state index in [9.17, 15) is 5.26 Å². The minimum atomic E-state index is 0.